The number of carbonyl (C=O) groups is 1. The molecule has 0 bridgehead atoms. The summed E-state index contributed by atoms with van der Waals surface area (Å²) in [5.74, 6) is 0.484. The fourth-order valence-electron chi connectivity index (χ4n) is 4.10. The Bertz CT molecular complexity index is 1330. The van der Waals surface area contributed by atoms with Crippen LogP contribution in [0.2, 0.25) is 0 Å². The van der Waals surface area contributed by atoms with Crippen LogP contribution in [0.1, 0.15) is 36.9 Å². The normalized spacial score (nSPS) is 16.6. The summed E-state index contributed by atoms with van der Waals surface area (Å²) >= 11 is 0. The largest absolute Gasteiger partial charge is 0.422 e. The quantitative estimate of drug-likeness (QED) is 0.277. The Hall–Kier alpha value is -3.30. The van der Waals surface area contributed by atoms with Gasteiger partial charge in [0.25, 0.3) is 0 Å². The van der Waals surface area contributed by atoms with Crippen LogP contribution in [0.5, 0.6) is 5.75 Å². The lowest BCUT2D eigenvalue weighted by atomic mass is 9.93. The van der Waals surface area contributed by atoms with Crippen LogP contribution in [0.4, 0.5) is 4.39 Å². The number of benzene rings is 2. The Labute approximate surface area is 203 Å². The second kappa shape index (κ2) is 9.75. The minimum Gasteiger partial charge on any atom is -0.422 e. The number of hydrogen-bond acceptors (Lipinski definition) is 5. The Kier molecular flexibility index (Phi) is 6.91. The van der Waals surface area contributed by atoms with E-state index in [-0.39, 0.29) is 11.7 Å². The van der Waals surface area contributed by atoms with Crippen molar-refractivity contribution in [3.63, 3.8) is 0 Å². The zero-order valence-electron chi connectivity index (χ0n) is 19.3. The molecule has 0 radical (unpaired) electrons. The van der Waals surface area contributed by atoms with Crippen molar-refractivity contribution in [3.05, 3.63) is 71.7 Å². The number of ether oxygens (including phenoxy) is 1. The molecule has 1 aliphatic rings. The smallest absolute Gasteiger partial charge is 0.342 e. The number of nitrogens with zero attached hydrogens (tertiary/aromatic N) is 1. The lowest BCUT2D eigenvalue weighted by molar-refractivity contribution is -0.138. The van der Waals surface area contributed by atoms with Gasteiger partial charge in [-0.1, -0.05) is 48.4 Å². The summed E-state index contributed by atoms with van der Waals surface area (Å²) in [6.07, 6.45) is 5.48. The molecule has 0 aliphatic heterocycles. The topological polar surface area (TPSA) is 96.7 Å². The van der Waals surface area contributed by atoms with Crippen LogP contribution in [-0.2, 0) is 9.36 Å². The highest BCUT2D eigenvalue weighted by Gasteiger charge is 2.50. The van der Waals surface area contributed by atoms with Gasteiger partial charge in [-0.3, -0.25) is 4.57 Å². The first kappa shape index (κ1) is 24.8. The molecule has 3 atom stereocenters. The minimum absolute atomic E-state index is 0.0120. The highest BCUT2D eigenvalue weighted by atomic mass is 31.1. The maximum absolute atomic E-state index is 13.7. The molecule has 2 aromatic carbocycles. The van der Waals surface area contributed by atoms with E-state index in [4.69, 9.17) is 16.1 Å². The van der Waals surface area contributed by atoms with Crippen molar-refractivity contribution in [1.82, 2.24) is 4.98 Å². The van der Waals surface area contributed by atoms with Crippen molar-refractivity contribution in [3.8, 4) is 40.5 Å². The molecule has 1 fully saturated rings. The second-order valence-electron chi connectivity index (χ2n) is 8.64. The lowest BCUT2D eigenvalue weighted by Gasteiger charge is -2.27. The molecule has 6 nitrogen and oxygen atoms in total. The molecule has 1 aromatic heterocycles. The van der Waals surface area contributed by atoms with E-state index in [1.165, 1.54) is 19.1 Å². The molecule has 1 heterocycles. The summed E-state index contributed by atoms with van der Waals surface area (Å²) in [6.45, 7) is 2.99. The van der Waals surface area contributed by atoms with E-state index in [0.717, 1.165) is 18.4 Å². The SMILES string of the molecule is C#CC(C(=O)Oc1c(C2CC2)nc(-c2ccccc2)c(C)c1-c1ccc(F)cc1)(C(C)O)[PH](=O)O. The van der Waals surface area contributed by atoms with Gasteiger partial charge in [-0.15, -0.1) is 6.42 Å². The number of carbonyl (C=O) groups excluding carboxylic acids is 1. The maximum atomic E-state index is 13.7. The summed E-state index contributed by atoms with van der Waals surface area (Å²) in [7, 11) is -3.74. The molecule has 1 saturated carbocycles. The third-order valence-corrected chi connectivity index (χ3v) is 7.72. The molecule has 180 valence electrons. The highest BCUT2D eigenvalue weighted by molar-refractivity contribution is 7.42. The van der Waals surface area contributed by atoms with E-state index in [2.05, 4.69) is 0 Å². The van der Waals surface area contributed by atoms with E-state index in [9.17, 15) is 23.7 Å². The fraction of sp³-hybridized carbons (Fsp3) is 0.259. The molecule has 2 N–H and O–H groups in total. The first-order valence-corrected chi connectivity index (χ1v) is 12.5. The van der Waals surface area contributed by atoms with Gasteiger partial charge < -0.3 is 14.7 Å². The van der Waals surface area contributed by atoms with Gasteiger partial charge in [0.15, 0.2) is 5.75 Å². The van der Waals surface area contributed by atoms with E-state index in [1.54, 1.807) is 12.1 Å². The minimum atomic E-state index is -3.74. The van der Waals surface area contributed by atoms with E-state index >= 15 is 0 Å². The first-order valence-electron chi connectivity index (χ1n) is 11.2. The molecule has 1 aliphatic carbocycles. The maximum Gasteiger partial charge on any atom is 0.342 e. The van der Waals surface area contributed by atoms with Crippen molar-refractivity contribution in [2.75, 3.05) is 0 Å². The summed E-state index contributed by atoms with van der Waals surface area (Å²) in [5.41, 5.74) is 3.80. The Balaban J connectivity index is 1.98. The molecule has 0 amide bonds. The zero-order valence-corrected chi connectivity index (χ0v) is 20.3. The van der Waals surface area contributed by atoms with Gasteiger partial charge in [0.2, 0.25) is 13.2 Å². The lowest BCUT2D eigenvalue weighted by Crippen LogP contribution is -2.46. The Morgan fingerprint density at radius 2 is 1.83 bits per heavy atom. The average molecular weight is 493 g/mol. The number of rotatable bonds is 7. The number of aliphatic hydroxyl groups excluding tert-OH is 1. The second-order valence-corrected chi connectivity index (χ2v) is 10.0. The number of esters is 1. The van der Waals surface area contributed by atoms with Crippen molar-refractivity contribution >= 4 is 14.0 Å². The average Bonchev–Trinajstić information content (AvgIpc) is 3.66. The molecule has 35 heavy (non-hydrogen) atoms. The van der Waals surface area contributed by atoms with Gasteiger partial charge in [-0.2, -0.15) is 0 Å². The van der Waals surface area contributed by atoms with Crippen molar-refractivity contribution in [1.29, 1.82) is 0 Å². The summed E-state index contributed by atoms with van der Waals surface area (Å²) < 4.78 is 31.7. The molecule has 4 rings (SSSR count). The number of aromatic nitrogens is 1. The number of halogens is 1. The van der Waals surface area contributed by atoms with Crippen LogP contribution >= 0.6 is 8.03 Å². The molecular weight excluding hydrogens is 468 g/mol. The number of terminal acetylenes is 1. The van der Waals surface area contributed by atoms with Crippen LogP contribution in [0.15, 0.2) is 54.6 Å². The molecule has 8 heteroatoms. The third-order valence-electron chi connectivity index (χ3n) is 6.27. The summed E-state index contributed by atoms with van der Waals surface area (Å²) in [4.78, 5) is 28.1. The number of hydrogen-bond donors (Lipinski definition) is 2. The predicted molar refractivity (Wildman–Crippen MR) is 132 cm³/mol. The van der Waals surface area contributed by atoms with Crippen molar-refractivity contribution in [2.45, 2.75) is 43.9 Å². The number of pyridine rings is 1. The standard InChI is InChI=1S/C27H25FNO5P/c1-4-27(17(3)30,35(32)33)26(31)34-25-22(18-12-14-21(28)15-13-18)16(2)23(19-8-6-5-7-9-19)29-24(25)20-10-11-20/h1,5-9,12-15,17,20,30,35H,10-11H2,2-3H3,(H,32,33). The van der Waals surface area contributed by atoms with Crippen LogP contribution in [0.3, 0.4) is 0 Å². The van der Waals surface area contributed by atoms with E-state index in [0.29, 0.717) is 28.1 Å². The predicted octanol–water partition coefficient (Wildman–Crippen LogP) is 4.87. The first-order chi connectivity index (χ1) is 16.7. The number of aliphatic hydroxyl groups is 1. The summed E-state index contributed by atoms with van der Waals surface area (Å²) in [5, 5.41) is 7.78. The fourth-order valence-corrected chi connectivity index (χ4v) is 4.81. The monoisotopic (exact) mass is 493 g/mol. The summed E-state index contributed by atoms with van der Waals surface area (Å²) in [6, 6.07) is 15.2. The zero-order chi connectivity index (χ0) is 25.3. The van der Waals surface area contributed by atoms with Crippen molar-refractivity contribution < 1.29 is 28.5 Å². The van der Waals surface area contributed by atoms with Gasteiger partial charge in [0, 0.05) is 17.0 Å². The van der Waals surface area contributed by atoms with Gasteiger partial charge in [-0.05, 0) is 49.9 Å². The molecule has 0 spiro atoms. The van der Waals surface area contributed by atoms with Crippen LogP contribution in [0.25, 0.3) is 22.4 Å². The Morgan fingerprint density at radius 3 is 2.34 bits per heavy atom. The Morgan fingerprint density at radius 1 is 1.20 bits per heavy atom. The van der Waals surface area contributed by atoms with E-state index < -0.39 is 31.1 Å². The molecule has 3 unspecified atom stereocenters. The molecular formula is C27H25FNO5P. The van der Waals surface area contributed by atoms with E-state index in [1.807, 2.05) is 43.2 Å². The van der Waals surface area contributed by atoms with Gasteiger partial charge in [0.1, 0.15) is 5.82 Å². The third kappa shape index (κ3) is 4.53. The van der Waals surface area contributed by atoms with Crippen LogP contribution in [0, 0.1) is 25.1 Å². The van der Waals surface area contributed by atoms with Crippen LogP contribution in [-0.4, -0.2) is 32.2 Å². The van der Waals surface area contributed by atoms with Crippen LogP contribution < -0.4 is 4.74 Å². The van der Waals surface area contributed by atoms with Gasteiger partial charge >= 0.3 is 5.97 Å². The van der Waals surface area contributed by atoms with Crippen molar-refractivity contribution in [2.24, 2.45) is 0 Å². The highest BCUT2D eigenvalue weighted by Crippen LogP contribution is 2.50. The van der Waals surface area contributed by atoms with Gasteiger partial charge in [0.05, 0.1) is 17.5 Å². The molecule has 0 saturated heterocycles. The van der Waals surface area contributed by atoms with Gasteiger partial charge in [-0.25, -0.2) is 14.2 Å². The molecule has 3 aromatic rings.